The molecular formula is C14H28N2O. The van der Waals surface area contributed by atoms with E-state index in [9.17, 15) is 4.79 Å². The summed E-state index contributed by atoms with van der Waals surface area (Å²) in [6.07, 6.45) is 0. The molecular weight excluding hydrogens is 212 g/mol. The van der Waals surface area contributed by atoms with E-state index in [1.165, 1.54) is 0 Å². The molecule has 0 radical (unpaired) electrons. The standard InChI is InChI=1S/C14H28N2O/c1-10(2)11-8-16(12(17)13(3,4)5)14(6,7)9-15-11/h10-11,15H,8-9H2,1-7H3. The predicted molar refractivity (Wildman–Crippen MR) is 71.9 cm³/mol. The summed E-state index contributed by atoms with van der Waals surface area (Å²) in [7, 11) is 0. The van der Waals surface area contributed by atoms with Crippen molar-refractivity contribution in [3.05, 3.63) is 0 Å². The van der Waals surface area contributed by atoms with Crippen molar-refractivity contribution >= 4 is 5.91 Å². The third-order valence-electron chi connectivity index (χ3n) is 3.60. The Kier molecular flexibility index (Phi) is 3.92. The summed E-state index contributed by atoms with van der Waals surface area (Å²) < 4.78 is 0. The lowest BCUT2D eigenvalue weighted by Crippen LogP contribution is -2.66. The quantitative estimate of drug-likeness (QED) is 0.762. The SMILES string of the molecule is CC(C)C1CN(C(=O)C(C)(C)C)C(C)(C)CN1. The minimum Gasteiger partial charge on any atom is -0.334 e. The first kappa shape index (κ1) is 14.5. The van der Waals surface area contributed by atoms with Crippen LogP contribution in [0, 0.1) is 11.3 Å². The maximum absolute atomic E-state index is 12.5. The topological polar surface area (TPSA) is 32.3 Å². The third-order valence-corrected chi connectivity index (χ3v) is 3.60. The van der Waals surface area contributed by atoms with Gasteiger partial charge in [-0.15, -0.1) is 0 Å². The van der Waals surface area contributed by atoms with E-state index in [1.807, 2.05) is 20.8 Å². The summed E-state index contributed by atoms with van der Waals surface area (Å²) in [6.45, 7) is 16.4. The Labute approximate surface area is 106 Å². The minimum atomic E-state index is -0.295. The largest absolute Gasteiger partial charge is 0.334 e. The zero-order valence-electron chi connectivity index (χ0n) is 12.4. The highest BCUT2D eigenvalue weighted by molar-refractivity contribution is 5.82. The van der Waals surface area contributed by atoms with Crippen molar-refractivity contribution in [1.82, 2.24) is 10.2 Å². The van der Waals surface area contributed by atoms with E-state index < -0.39 is 0 Å². The average molecular weight is 240 g/mol. The molecule has 0 bridgehead atoms. The number of nitrogens with zero attached hydrogens (tertiary/aromatic N) is 1. The van der Waals surface area contributed by atoms with Gasteiger partial charge in [0.05, 0.1) is 0 Å². The summed E-state index contributed by atoms with van der Waals surface area (Å²) in [6, 6.07) is 0.411. The van der Waals surface area contributed by atoms with E-state index in [4.69, 9.17) is 0 Å². The van der Waals surface area contributed by atoms with E-state index in [2.05, 4.69) is 37.9 Å². The number of piperazine rings is 1. The van der Waals surface area contributed by atoms with Crippen molar-refractivity contribution in [2.24, 2.45) is 11.3 Å². The molecule has 1 saturated heterocycles. The summed E-state index contributed by atoms with van der Waals surface area (Å²) in [4.78, 5) is 14.6. The average Bonchev–Trinajstić information content (AvgIpc) is 2.14. The molecule has 0 aliphatic carbocycles. The molecule has 0 aromatic heterocycles. The van der Waals surface area contributed by atoms with Crippen LogP contribution < -0.4 is 5.32 Å². The zero-order valence-corrected chi connectivity index (χ0v) is 12.4. The summed E-state index contributed by atoms with van der Waals surface area (Å²) in [5.74, 6) is 0.816. The monoisotopic (exact) mass is 240 g/mol. The van der Waals surface area contributed by atoms with Gasteiger partial charge in [-0.3, -0.25) is 4.79 Å². The molecule has 0 aromatic carbocycles. The van der Waals surface area contributed by atoms with Gasteiger partial charge in [0.25, 0.3) is 0 Å². The fourth-order valence-electron chi connectivity index (χ4n) is 2.19. The Morgan fingerprint density at radius 1 is 1.35 bits per heavy atom. The van der Waals surface area contributed by atoms with Crippen LogP contribution in [0.1, 0.15) is 48.5 Å². The molecule has 1 rings (SSSR count). The maximum Gasteiger partial charge on any atom is 0.228 e. The van der Waals surface area contributed by atoms with Gasteiger partial charge in [0.2, 0.25) is 5.91 Å². The van der Waals surface area contributed by atoms with Crippen molar-refractivity contribution in [2.45, 2.75) is 60.0 Å². The van der Waals surface area contributed by atoms with E-state index in [-0.39, 0.29) is 16.9 Å². The number of carbonyl (C=O) groups is 1. The van der Waals surface area contributed by atoms with Gasteiger partial charge >= 0.3 is 0 Å². The molecule has 1 heterocycles. The lowest BCUT2D eigenvalue weighted by atomic mass is 9.87. The van der Waals surface area contributed by atoms with Crippen LogP contribution in [-0.4, -0.2) is 35.5 Å². The molecule has 0 spiro atoms. The molecule has 1 N–H and O–H groups in total. The molecule has 1 amide bonds. The van der Waals surface area contributed by atoms with Crippen molar-refractivity contribution in [3.63, 3.8) is 0 Å². The predicted octanol–water partition coefficient (Wildman–Crippen LogP) is 2.27. The molecule has 100 valence electrons. The van der Waals surface area contributed by atoms with Gasteiger partial charge in [-0.25, -0.2) is 0 Å². The Bertz CT molecular complexity index is 289. The molecule has 3 nitrogen and oxygen atoms in total. The Balaban J connectivity index is 2.89. The van der Waals surface area contributed by atoms with E-state index in [1.54, 1.807) is 0 Å². The first-order chi connectivity index (χ1) is 7.55. The van der Waals surface area contributed by atoms with Gasteiger partial charge in [-0.2, -0.15) is 0 Å². The number of nitrogens with one attached hydrogen (secondary N) is 1. The lowest BCUT2D eigenvalue weighted by molar-refractivity contribution is -0.147. The highest BCUT2D eigenvalue weighted by Gasteiger charge is 2.41. The fraction of sp³-hybridized carbons (Fsp3) is 0.929. The fourth-order valence-corrected chi connectivity index (χ4v) is 2.19. The van der Waals surface area contributed by atoms with Crippen molar-refractivity contribution in [2.75, 3.05) is 13.1 Å². The number of hydrogen-bond donors (Lipinski definition) is 1. The van der Waals surface area contributed by atoms with E-state index in [0.29, 0.717) is 12.0 Å². The molecule has 1 atom stereocenters. The van der Waals surface area contributed by atoms with Crippen molar-refractivity contribution < 1.29 is 4.79 Å². The van der Waals surface area contributed by atoms with Crippen molar-refractivity contribution in [1.29, 1.82) is 0 Å². The first-order valence-corrected chi connectivity index (χ1v) is 6.61. The molecule has 1 unspecified atom stereocenters. The van der Waals surface area contributed by atoms with Crippen LogP contribution in [0.15, 0.2) is 0 Å². The second-order valence-corrected chi connectivity index (χ2v) is 7.21. The first-order valence-electron chi connectivity index (χ1n) is 6.61. The van der Waals surface area contributed by atoms with Crippen molar-refractivity contribution in [3.8, 4) is 0 Å². The molecule has 1 fully saturated rings. The molecule has 3 heteroatoms. The second kappa shape index (κ2) is 4.60. The van der Waals surface area contributed by atoms with Crippen LogP contribution >= 0.6 is 0 Å². The number of amides is 1. The smallest absolute Gasteiger partial charge is 0.228 e. The van der Waals surface area contributed by atoms with Crippen LogP contribution in [0.5, 0.6) is 0 Å². The van der Waals surface area contributed by atoms with Gasteiger partial charge in [0.1, 0.15) is 0 Å². The zero-order chi connectivity index (χ0) is 13.4. The van der Waals surface area contributed by atoms with Gasteiger partial charge in [0.15, 0.2) is 0 Å². The number of carbonyl (C=O) groups excluding carboxylic acids is 1. The van der Waals surface area contributed by atoms with Gasteiger partial charge in [0, 0.05) is 30.1 Å². The van der Waals surface area contributed by atoms with E-state index in [0.717, 1.165) is 13.1 Å². The Hall–Kier alpha value is -0.570. The normalized spacial score (nSPS) is 25.2. The minimum absolute atomic E-state index is 0.0875. The summed E-state index contributed by atoms with van der Waals surface area (Å²) in [5.41, 5.74) is -0.383. The number of rotatable bonds is 1. The summed E-state index contributed by atoms with van der Waals surface area (Å²) in [5, 5.41) is 3.55. The Morgan fingerprint density at radius 3 is 2.29 bits per heavy atom. The van der Waals surface area contributed by atoms with Crippen LogP contribution in [0.4, 0.5) is 0 Å². The van der Waals surface area contributed by atoms with Gasteiger partial charge < -0.3 is 10.2 Å². The molecule has 17 heavy (non-hydrogen) atoms. The van der Waals surface area contributed by atoms with Gasteiger partial charge in [-0.05, 0) is 19.8 Å². The second-order valence-electron chi connectivity index (χ2n) is 7.21. The molecule has 1 aliphatic rings. The molecule has 1 aliphatic heterocycles. The Morgan fingerprint density at radius 2 is 1.88 bits per heavy atom. The van der Waals surface area contributed by atoms with Crippen LogP contribution in [0.25, 0.3) is 0 Å². The van der Waals surface area contributed by atoms with Gasteiger partial charge in [-0.1, -0.05) is 34.6 Å². The van der Waals surface area contributed by atoms with E-state index >= 15 is 0 Å². The highest BCUT2D eigenvalue weighted by Crippen LogP contribution is 2.27. The lowest BCUT2D eigenvalue weighted by Gasteiger charge is -2.49. The van der Waals surface area contributed by atoms with Crippen LogP contribution in [0.3, 0.4) is 0 Å². The van der Waals surface area contributed by atoms with Crippen LogP contribution in [-0.2, 0) is 4.79 Å². The number of hydrogen-bond acceptors (Lipinski definition) is 2. The third kappa shape index (κ3) is 3.21. The molecule has 0 saturated carbocycles. The van der Waals surface area contributed by atoms with Crippen LogP contribution in [0.2, 0.25) is 0 Å². The molecule has 0 aromatic rings. The highest BCUT2D eigenvalue weighted by atomic mass is 16.2. The summed E-state index contributed by atoms with van der Waals surface area (Å²) >= 11 is 0. The maximum atomic E-state index is 12.5.